The monoisotopic (exact) mass is 287 g/mol. The summed E-state index contributed by atoms with van der Waals surface area (Å²) in [6.07, 6.45) is 2.67. The minimum Gasteiger partial charge on any atom is -0.343 e. The van der Waals surface area contributed by atoms with E-state index >= 15 is 0 Å². The summed E-state index contributed by atoms with van der Waals surface area (Å²) in [6, 6.07) is 11.9. The molecule has 0 radical (unpaired) electrons. The number of hydrogen-bond acceptors (Lipinski definition) is 1. The molecule has 0 aliphatic heterocycles. The van der Waals surface area contributed by atoms with E-state index in [4.69, 9.17) is 11.6 Å². The molecule has 0 fully saturated rings. The molecule has 20 heavy (non-hydrogen) atoms. The number of nitrogens with zero attached hydrogens (tertiary/aromatic N) is 1. The van der Waals surface area contributed by atoms with Gasteiger partial charge >= 0.3 is 0 Å². The van der Waals surface area contributed by atoms with E-state index in [2.05, 4.69) is 0 Å². The van der Waals surface area contributed by atoms with Crippen molar-refractivity contribution in [2.75, 3.05) is 0 Å². The first-order chi connectivity index (χ1) is 9.69. The number of carbonyl (C=O) groups excluding carboxylic acids is 1. The van der Waals surface area contributed by atoms with Crippen molar-refractivity contribution in [3.8, 4) is 0 Å². The van der Waals surface area contributed by atoms with E-state index < -0.39 is 0 Å². The Morgan fingerprint density at radius 3 is 2.85 bits per heavy atom. The van der Waals surface area contributed by atoms with Crippen LogP contribution < -0.4 is 0 Å². The minimum absolute atomic E-state index is 0.289. The van der Waals surface area contributed by atoms with Crippen molar-refractivity contribution in [3.05, 3.63) is 70.6 Å². The highest BCUT2D eigenvalue weighted by Gasteiger charge is 2.08. The zero-order chi connectivity index (χ0) is 14.1. The van der Waals surface area contributed by atoms with Gasteiger partial charge in [-0.05, 0) is 30.3 Å². The van der Waals surface area contributed by atoms with Crippen LogP contribution in [-0.2, 0) is 6.54 Å². The lowest BCUT2D eigenvalue weighted by atomic mass is 10.1. The highest BCUT2D eigenvalue weighted by atomic mass is 35.5. The Labute approximate surface area is 120 Å². The molecule has 0 saturated heterocycles. The minimum atomic E-state index is -0.289. The molecule has 0 atom stereocenters. The van der Waals surface area contributed by atoms with Gasteiger partial charge in [0.1, 0.15) is 5.82 Å². The van der Waals surface area contributed by atoms with Gasteiger partial charge in [0, 0.05) is 33.2 Å². The highest BCUT2D eigenvalue weighted by molar-refractivity contribution is 6.30. The molecule has 0 aliphatic rings. The van der Waals surface area contributed by atoms with E-state index in [1.165, 1.54) is 12.1 Å². The molecule has 0 saturated carbocycles. The van der Waals surface area contributed by atoms with Gasteiger partial charge in [-0.15, -0.1) is 0 Å². The summed E-state index contributed by atoms with van der Waals surface area (Å²) in [4.78, 5) is 11.0. The molecule has 0 unspecified atom stereocenters. The summed E-state index contributed by atoms with van der Waals surface area (Å²) in [5, 5.41) is 1.37. The van der Waals surface area contributed by atoms with Gasteiger partial charge in [-0.1, -0.05) is 23.7 Å². The number of benzene rings is 2. The summed E-state index contributed by atoms with van der Waals surface area (Å²) < 4.78 is 15.7. The van der Waals surface area contributed by atoms with Gasteiger partial charge in [0.25, 0.3) is 0 Å². The molecule has 2 nitrogen and oxygen atoms in total. The Kier molecular flexibility index (Phi) is 3.28. The molecule has 0 amide bonds. The summed E-state index contributed by atoms with van der Waals surface area (Å²) in [5.41, 5.74) is 2.05. The molecule has 1 heterocycles. The predicted molar refractivity (Wildman–Crippen MR) is 77.8 cm³/mol. The van der Waals surface area contributed by atoms with Gasteiger partial charge in [0.2, 0.25) is 0 Å². The van der Waals surface area contributed by atoms with E-state index in [1.54, 1.807) is 12.1 Å². The summed E-state index contributed by atoms with van der Waals surface area (Å²) in [5.74, 6) is -0.289. The first-order valence-electron chi connectivity index (χ1n) is 6.16. The normalized spacial score (nSPS) is 10.9. The average Bonchev–Trinajstić information content (AvgIpc) is 2.86. The van der Waals surface area contributed by atoms with E-state index in [-0.39, 0.29) is 5.82 Å². The molecule has 1 aromatic heterocycles. The van der Waals surface area contributed by atoms with Crippen molar-refractivity contribution in [1.82, 2.24) is 4.57 Å². The van der Waals surface area contributed by atoms with Crippen LogP contribution in [-0.4, -0.2) is 10.9 Å². The Balaban J connectivity index is 2.07. The second-order valence-corrected chi connectivity index (χ2v) is 5.01. The van der Waals surface area contributed by atoms with Gasteiger partial charge in [-0.25, -0.2) is 4.39 Å². The van der Waals surface area contributed by atoms with Crippen molar-refractivity contribution in [1.29, 1.82) is 0 Å². The lowest BCUT2D eigenvalue weighted by Gasteiger charge is -2.07. The van der Waals surface area contributed by atoms with Crippen LogP contribution >= 0.6 is 11.6 Å². The van der Waals surface area contributed by atoms with Crippen LogP contribution in [0.1, 0.15) is 15.9 Å². The third kappa shape index (κ3) is 2.21. The van der Waals surface area contributed by atoms with Crippen molar-refractivity contribution < 1.29 is 9.18 Å². The fourth-order valence-corrected chi connectivity index (χ4v) is 2.53. The second-order valence-electron chi connectivity index (χ2n) is 4.58. The third-order valence-corrected chi connectivity index (χ3v) is 3.56. The quantitative estimate of drug-likeness (QED) is 0.659. The Morgan fingerprint density at radius 1 is 1.20 bits per heavy atom. The van der Waals surface area contributed by atoms with Crippen LogP contribution in [0.15, 0.2) is 48.7 Å². The largest absolute Gasteiger partial charge is 0.343 e. The summed E-state index contributed by atoms with van der Waals surface area (Å²) in [6.45, 7) is 0.373. The van der Waals surface area contributed by atoms with Crippen LogP contribution in [0.5, 0.6) is 0 Å². The fourth-order valence-electron chi connectivity index (χ4n) is 2.34. The van der Waals surface area contributed by atoms with Crippen LogP contribution in [0.4, 0.5) is 4.39 Å². The standard InChI is InChI=1S/C16H11ClFNO/c17-13-4-5-15(18)12(8-13)9-19-7-6-14-11(10-20)2-1-3-16(14)19/h1-8,10H,9H2. The Bertz CT molecular complexity index is 794. The molecule has 3 aromatic rings. The fraction of sp³-hybridized carbons (Fsp3) is 0.0625. The highest BCUT2D eigenvalue weighted by Crippen LogP contribution is 2.22. The number of rotatable bonds is 3. The topological polar surface area (TPSA) is 22.0 Å². The second kappa shape index (κ2) is 5.10. The average molecular weight is 288 g/mol. The maximum atomic E-state index is 13.8. The number of aromatic nitrogens is 1. The molecular formula is C16H11ClFNO. The molecule has 100 valence electrons. The Morgan fingerprint density at radius 2 is 2.05 bits per heavy atom. The lowest BCUT2D eigenvalue weighted by molar-refractivity contribution is 0.112. The van der Waals surface area contributed by atoms with E-state index in [1.807, 2.05) is 29.0 Å². The van der Waals surface area contributed by atoms with Crippen LogP contribution in [0, 0.1) is 5.82 Å². The van der Waals surface area contributed by atoms with Crippen LogP contribution in [0.2, 0.25) is 5.02 Å². The zero-order valence-electron chi connectivity index (χ0n) is 10.5. The van der Waals surface area contributed by atoms with Crippen molar-refractivity contribution >= 4 is 28.8 Å². The number of aldehydes is 1. The Hall–Kier alpha value is -2.13. The van der Waals surface area contributed by atoms with Crippen LogP contribution in [0.3, 0.4) is 0 Å². The lowest BCUT2D eigenvalue weighted by Crippen LogP contribution is -2.00. The summed E-state index contributed by atoms with van der Waals surface area (Å²) in [7, 11) is 0. The van der Waals surface area contributed by atoms with Crippen LogP contribution in [0.25, 0.3) is 10.9 Å². The maximum Gasteiger partial charge on any atom is 0.150 e. The van der Waals surface area contributed by atoms with Gasteiger partial charge in [-0.3, -0.25) is 4.79 Å². The molecule has 0 N–H and O–H groups in total. The van der Waals surface area contributed by atoms with Crippen molar-refractivity contribution in [3.63, 3.8) is 0 Å². The van der Waals surface area contributed by atoms with Gasteiger partial charge in [0.05, 0.1) is 6.54 Å². The molecule has 0 aliphatic carbocycles. The maximum absolute atomic E-state index is 13.8. The number of halogens is 2. The zero-order valence-corrected chi connectivity index (χ0v) is 11.3. The smallest absolute Gasteiger partial charge is 0.150 e. The van der Waals surface area contributed by atoms with Gasteiger partial charge < -0.3 is 4.57 Å². The molecule has 0 spiro atoms. The third-order valence-electron chi connectivity index (χ3n) is 3.32. The number of fused-ring (bicyclic) bond motifs is 1. The molecule has 2 aromatic carbocycles. The first kappa shape index (κ1) is 12.9. The van der Waals surface area contributed by atoms with E-state index in [9.17, 15) is 9.18 Å². The molecule has 3 rings (SSSR count). The predicted octanol–water partition coefficient (Wildman–Crippen LogP) is 4.29. The van der Waals surface area contributed by atoms with E-state index in [0.29, 0.717) is 22.7 Å². The summed E-state index contributed by atoms with van der Waals surface area (Å²) >= 11 is 5.90. The van der Waals surface area contributed by atoms with Crippen molar-refractivity contribution in [2.24, 2.45) is 0 Å². The number of carbonyl (C=O) groups is 1. The van der Waals surface area contributed by atoms with Gasteiger partial charge in [0.15, 0.2) is 6.29 Å². The number of hydrogen-bond donors (Lipinski definition) is 0. The molecular weight excluding hydrogens is 277 g/mol. The van der Waals surface area contributed by atoms with Crippen molar-refractivity contribution in [2.45, 2.75) is 6.54 Å². The SMILES string of the molecule is O=Cc1cccc2c1ccn2Cc1cc(Cl)ccc1F. The molecule has 4 heteroatoms. The molecule has 0 bridgehead atoms. The first-order valence-corrected chi connectivity index (χ1v) is 6.54. The van der Waals surface area contributed by atoms with Gasteiger partial charge in [-0.2, -0.15) is 0 Å². The van der Waals surface area contributed by atoms with E-state index in [0.717, 1.165) is 17.2 Å².